The number of ketones is 1. The van der Waals surface area contributed by atoms with E-state index in [9.17, 15) is 15.0 Å². The molecular weight excluding hydrogens is 530 g/mol. The first-order valence-corrected chi connectivity index (χ1v) is 16.2. The number of aliphatic hydroxyl groups excluding tert-OH is 1. The maximum Gasteiger partial charge on any atom is 0.193 e. The molecule has 3 aliphatic carbocycles. The molecule has 6 rings (SSSR count). The molecule has 4 atom stereocenters. The molecule has 4 unspecified atom stereocenters. The summed E-state index contributed by atoms with van der Waals surface area (Å²) in [6, 6.07) is 24.4. The largest absolute Gasteiger partial charge is 0.393 e. The predicted octanol–water partition coefficient (Wildman–Crippen LogP) is 7.96. The molecular formula is C39H49NO3. The lowest BCUT2D eigenvalue weighted by Crippen LogP contribution is -2.51. The van der Waals surface area contributed by atoms with Gasteiger partial charge in [-0.05, 0) is 106 Å². The number of rotatable bonds is 7. The van der Waals surface area contributed by atoms with E-state index in [1.807, 2.05) is 48.5 Å². The monoisotopic (exact) mass is 579 g/mol. The van der Waals surface area contributed by atoms with Crippen LogP contribution >= 0.6 is 0 Å². The Hall–Kier alpha value is -3.05. The van der Waals surface area contributed by atoms with Crippen LogP contribution in [0.5, 0.6) is 0 Å². The molecule has 228 valence electrons. The number of carbonyl (C=O) groups is 1. The van der Waals surface area contributed by atoms with E-state index in [1.165, 1.54) is 5.57 Å². The molecule has 3 aliphatic rings. The number of hydrogen-bond acceptors (Lipinski definition) is 4. The Morgan fingerprint density at radius 3 is 2.42 bits per heavy atom. The number of likely N-dealkylation sites (N-methyl/N-ethyl adjacent to an activating group) is 1. The summed E-state index contributed by atoms with van der Waals surface area (Å²) < 4.78 is 0. The third kappa shape index (κ3) is 6.72. The summed E-state index contributed by atoms with van der Waals surface area (Å²) in [5.41, 5.74) is 5.64. The average Bonchev–Trinajstić information content (AvgIpc) is 3.25. The van der Waals surface area contributed by atoms with Crippen molar-refractivity contribution in [3.8, 4) is 11.1 Å². The van der Waals surface area contributed by atoms with Gasteiger partial charge in [-0.25, -0.2) is 0 Å². The van der Waals surface area contributed by atoms with Crippen LogP contribution in [0, 0.1) is 5.41 Å². The minimum absolute atomic E-state index is 0.00896. The number of benzene rings is 3. The minimum Gasteiger partial charge on any atom is -0.393 e. The van der Waals surface area contributed by atoms with Gasteiger partial charge in [-0.3, -0.25) is 4.79 Å². The van der Waals surface area contributed by atoms with Gasteiger partial charge in [0.05, 0.1) is 11.7 Å². The average molecular weight is 580 g/mol. The SMILES string of the molecule is CCCN(C)CC1(O)CCC2c3ccc(cc3C(=O)c3ccc(-c4ccccc4)cc3)CC(O)CCC(C)=CCCC21C. The Labute approximate surface area is 258 Å². The number of hydrogen-bond donors (Lipinski definition) is 2. The van der Waals surface area contributed by atoms with Gasteiger partial charge in [0.2, 0.25) is 0 Å². The van der Waals surface area contributed by atoms with Gasteiger partial charge in [-0.15, -0.1) is 0 Å². The van der Waals surface area contributed by atoms with E-state index in [0.717, 1.165) is 60.9 Å². The maximum absolute atomic E-state index is 14.3. The highest BCUT2D eigenvalue weighted by atomic mass is 16.3. The summed E-state index contributed by atoms with van der Waals surface area (Å²) in [4.78, 5) is 16.6. The quantitative estimate of drug-likeness (QED) is 0.220. The normalized spacial score (nSPS) is 26.2. The third-order valence-corrected chi connectivity index (χ3v) is 10.3. The number of nitrogens with zero attached hydrogens (tertiary/aromatic N) is 1. The van der Waals surface area contributed by atoms with E-state index in [1.54, 1.807) is 0 Å². The molecule has 1 saturated carbocycles. The number of carbonyl (C=O) groups excluding carboxylic acids is 1. The Morgan fingerprint density at radius 1 is 0.977 bits per heavy atom. The van der Waals surface area contributed by atoms with Crippen LogP contribution in [0.15, 0.2) is 84.4 Å². The van der Waals surface area contributed by atoms with Crippen LogP contribution in [0.4, 0.5) is 0 Å². The second-order valence-corrected chi connectivity index (χ2v) is 13.5. The molecule has 0 aromatic heterocycles. The van der Waals surface area contributed by atoms with Crippen molar-refractivity contribution in [2.24, 2.45) is 5.41 Å². The zero-order valence-corrected chi connectivity index (χ0v) is 26.5. The standard InChI is InChI=1S/C39H49NO3/c1-5-24-40(4)27-39(43)23-21-36-34-20-14-29(25-33(41)19-13-28(2)10-9-22-38(36,39)3)26-35(34)37(42)32-17-15-31(16-18-32)30-11-7-6-8-12-30/h6-8,10-12,14-18,20,26,33,36,41,43H,5,9,13,19,21-25,27H2,1-4H3. The molecule has 4 heteroatoms. The molecule has 4 nitrogen and oxygen atoms in total. The molecule has 0 radical (unpaired) electrons. The van der Waals surface area contributed by atoms with E-state index in [4.69, 9.17) is 0 Å². The topological polar surface area (TPSA) is 60.8 Å². The van der Waals surface area contributed by atoms with Gasteiger partial charge in [0.25, 0.3) is 0 Å². The highest BCUT2D eigenvalue weighted by molar-refractivity contribution is 6.10. The van der Waals surface area contributed by atoms with E-state index in [0.29, 0.717) is 36.9 Å². The van der Waals surface area contributed by atoms with Crippen LogP contribution in [0.25, 0.3) is 11.1 Å². The third-order valence-electron chi connectivity index (χ3n) is 10.3. The summed E-state index contributed by atoms with van der Waals surface area (Å²) in [5, 5.41) is 23.3. The van der Waals surface area contributed by atoms with Gasteiger partial charge < -0.3 is 15.1 Å². The lowest BCUT2D eigenvalue weighted by molar-refractivity contribution is -0.0799. The first-order valence-electron chi connectivity index (χ1n) is 16.2. The van der Waals surface area contributed by atoms with E-state index in [2.05, 4.69) is 63.1 Å². The minimum atomic E-state index is -0.854. The predicted molar refractivity (Wildman–Crippen MR) is 177 cm³/mol. The van der Waals surface area contributed by atoms with E-state index < -0.39 is 17.1 Å². The zero-order chi connectivity index (χ0) is 30.6. The Morgan fingerprint density at radius 2 is 1.70 bits per heavy atom. The summed E-state index contributed by atoms with van der Waals surface area (Å²) in [6.45, 7) is 8.17. The summed E-state index contributed by atoms with van der Waals surface area (Å²) >= 11 is 0. The van der Waals surface area contributed by atoms with E-state index in [-0.39, 0.29) is 11.7 Å². The fraction of sp³-hybridized carbons (Fsp3) is 0.462. The fourth-order valence-corrected chi connectivity index (χ4v) is 7.70. The van der Waals surface area contributed by atoms with Crippen LogP contribution in [-0.4, -0.2) is 52.7 Å². The lowest BCUT2D eigenvalue weighted by atomic mass is 9.64. The van der Waals surface area contributed by atoms with Gasteiger partial charge in [-0.2, -0.15) is 0 Å². The van der Waals surface area contributed by atoms with Gasteiger partial charge in [0.15, 0.2) is 5.78 Å². The van der Waals surface area contributed by atoms with Crippen molar-refractivity contribution < 1.29 is 15.0 Å². The van der Waals surface area contributed by atoms with Gasteiger partial charge in [-0.1, -0.05) is 92.2 Å². The number of allylic oxidation sites excluding steroid dienone is 2. The molecule has 2 bridgehead atoms. The number of aliphatic hydroxyl groups is 2. The molecule has 43 heavy (non-hydrogen) atoms. The highest BCUT2D eigenvalue weighted by Gasteiger charge is 2.57. The second-order valence-electron chi connectivity index (χ2n) is 13.5. The smallest absolute Gasteiger partial charge is 0.193 e. The molecule has 0 saturated heterocycles. The first-order chi connectivity index (χ1) is 20.6. The van der Waals surface area contributed by atoms with Crippen LogP contribution in [0.2, 0.25) is 0 Å². The first kappa shape index (κ1) is 31.4. The van der Waals surface area contributed by atoms with Crippen molar-refractivity contribution in [2.75, 3.05) is 20.1 Å². The highest BCUT2D eigenvalue weighted by Crippen LogP contribution is 2.58. The molecule has 0 aliphatic heterocycles. The second kappa shape index (κ2) is 13.3. The molecule has 0 spiro atoms. The fourth-order valence-electron chi connectivity index (χ4n) is 7.70. The Balaban J connectivity index is 1.57. The summed E-state index contributed by atoms with van der Waals surface area (Å²) in [5.74, 6) is 0.0559. The van der Waals surface area contributed by atoms with Crippen molar-refractivity contribution >= 4 is 5.78 Å². The molecule has 1 fully saturated rings. The zero-order valence-electron chi connectivity index (χ0n) is 26.5. The van der Waals surface area contributed by atoms with Crippen molar-refractivity contribution in [1.82, 2.24) is 4.90 Å². The van der Waals surface area contributed by atoms with Gasteiger partial charge in [0, 0.05) is 23.1 Å². The van der Waals surface area contributed by atoms with Crippen LogP contribution < -0.4 is 0 Å². The van der Waals surface area contributed by atoms with Gasteiger partial charge >= 0.3 is 0 Å². The Kier molecular flexibility index (Phi) is 9.70. The van der Waals surface area contributed by atoms with Crippen LogP contribution in [0.1, 0.15) is 98.7 Å². The molecule has 2 N–H and O–H groups in total. The molecule has 3 aromatic carbocycles. The maximum atomic E-state index is 14.3. The van der Waals surface area contributed by atoms with Crippen molar-refractivity contribution in [2.45, 2.75) is 89.8 Å². The molecule has 3 aromatic rings. The Bertz CT molecular complexity index is 1430. The van der Waals surface area contributed by atoms with Crippen LogP contribution in [-0.2, 0) is 6.42 Å². The van der Waals surface area contributed by atoms with Crippen molar-refractivity contribution in [1.29, 1.82) is 0 Å². The summed E-state index contributed by atoms with van der Waals surface area (Å²) in [6.07, 6.45) is 8.22. The summed E-state index contributed by atoms with van der Waals surface area (Å²) in [7, 11) is 2.11. The lowest BCUT2D eigenvalue weighted by Gasteiger charge is -2.45. The van der Waals surface area contributed by atoms with Gasteiger partial charge in [0.1, 0.15) is 0 Å². The van der Waals surface area contributed by atoms with Crippen LogP contribution in [0.3, 0.4) is 0 Å². The molecule has 0 amide bonds. The molecule has 0 heterocycles. The van der Waals surface area contributed by atoms with Crippen molar-refractivity contribution in [3.05, 3.63) is 107 Å². The van der Waals surface area contributed by atoms with E-state index >= 15 is 0 Å². The number of fused-ring (bicyclic) bond motifs is 8. The van der Waals surface area contributed by atoms with Crippen molar-refractivity contribution in [3.63, 3.8) is 0 Å².